The first-order valence-electron chi connectivity index (χ1n) is 17.5. The molecule has 2 aromatic heterocycles. The summed E-state index contributed by atoms with van der Waals surface area (Å²) < 4.78 is 12.9. The van der Waals surface area contributed by atoms with Gasteiger partial charge in [-0.25, -0.2) is 0 Å². The van der Waals surface area contributed by atoms with E-state index in [1.54, 1.807) is 0 Å². The minimum absolute atomic E-state index is 0.143. The van der Waals surface area contributed by atoms with Gasteiger partial charge in [-0.1, -0.05) is 108 Å². The summed E-state index contributed by atoms with van der Waals surface area (Å²) in [6, 6.07) is 44.2. The zero-order valence-corrected chi connectivity index (χ0v) is 28.3. The molecule has 1 atom stereocenters. The number of para-hydroxylation sites is 2. The van der Waals surface area contributed by atoms with Crippen LogP contribution < -0.4 is 10.1 Å². The molecule has 6 aromatic carbocycles. The molecule has 0 bridgehead atoms. The average Bonchev–Trinajstić information content (AvgIpc) is 3.85. The summed E-state index contributed by atoms with van der Waals surface area (Å²) in [7, 11) is 0.631. The maximum atomic E-state index is 6.51. The van der Waals surface area contributed by atoms with Crippen molar-refractivity contribution in [1.82, 2.24) is 0 Å². The van der Waals surface area contributed by atoms with Crippen LogP contribution in [0.25, 0.3) is 66.7 Å². The van der Waals surface area contributed by atoms with Gasteiger partial charge in [-0.15, -0.1) is 0 Å². The Kier molecular flexibility index (Phi) is 6.07. The van der Waals surface area contributed by atoms with Gasteiger partial charge < -0.3 is 13.7 Å². The Morgan fingerprint density at radius 3 is 2.24 bits per heavy atom. The normalized spacial score (nSPS) is 16.4. The quantitative estimate of drug-likeness (QED) is 0.176. The van der Waals surface area contributed by atoms with E-state index in [-0.39, 0.29) is 6.04 Å². The number of hydrogen-bond acceptors (Lipinski definition) is 3. The van der Waals surface area contributed by atoms with Crippen LogP contribution in [0.2, 0.25) is 0 Å². The van der Waals surface area contributed by atoms with Gasteiger partial charge in [-0.2, -0.15) is 0 Å². The summed E-state index contributed by atoms with van der Waals surface area (Å²) in [5.74, 6) is 0. The summed E-state index contributed by atoms with van der Waals surface area (Å²) in [4.78, 5) is 2.50. The molecule has 2 radical (unpaired) electrons. The van der Waals surface area contributed by atoms with Crippen molar-refractivity contribution in [1.29, 1.82) is 0 Å². The van der Waals surface area contributed by atoms with Gasteiger partial charge >= 0.3 is 0 Å². The standard InChI is InChI=1S/C46H31NO2Si/c1-2-8-30-25-31(14-13-28(30)7-1)29-15-17-32(18-16-29)47(33-19-21-37-35-9-3-5-11-40(35)48-42(37)26-33)34-20-22-39-44(27-34)50-43-24-23-38-36-10-4-6-12-41(36)49-46(38)45(39)43/h1,3-7,9-26,34H,2,8,27H2. The second-order valence-electron chi connectivity index (χ2n) is 13.7. The number of aryl methyl sites for hydroxylation is 1. The van der Waals surface area contributed by atoms with E-state index in [9.17, 15) is 0 Å². The van der Waals surface area contributed by atoms with E-state index >= 15 is 0 Å². The number of rotatable bonds is 4. The van der Waals surface area contributed by atoms with Gasteiger partial charge in [0, 0.05) is 44.5 Å². The first-order chi connectivity index (χ1) is 24.7. The predicted octanol–water partition coefficient (Wildman–Crippen LogP) is 11.3. The van der Waals surface area contributed by atoms with Crippen molar-refractivity contribution in [2.75, 3.05) is 4.90 Å². The molecule has 2 aliphatic carbocycles. The van der Waals surface area contributed by atoms with Crippen LogP contribution in [0.5, 0.6) is 0 Å². The van der Waals surface area contributed by atoms with Crippen LogP contribution in [0, 0.1) is 0 Å². The van der Waals surface area contributed by atoms with Gasteiger partial charge in [0.25, 0.3) is 0 Å². The van der Waals surface area contributed by atoms with E-state index in [2.05, 4.69) is 144 Å². The molecule has 0 spiro atoms. The van der Waals surface area contributed by atoms with Gasteiger partial charge in [-0.3, -0.25) is 0 Å². The number of fused-ring (bicyclic) bond motifs is 10. The van der Waals surface area contributed by atoms with Crippen molar-refractivity contribution in [2.24, 2.45) is 0 Å². The van der Waals surface area contributed by atoms with Crippen LogP contribution in [-0.2, 0) is 6.42 Å². The smallest absolute Gasteiger partial charge is 0.143 e. The van der Waals surface area contributed by atoms with E-state index in [1.165, 1.54) is 60.2 Å². The van der Waals surface area contributed by atoms with Crippen LogP contribution in [0.4, 0.5) is 11.4 Å². The summed E-state index contributed by atoms with van der Waals surface area (Å²) in [6.45, 7) is 0. The predicted molar refractivity (Wildman–Crippen MR) is 209 cm³/mol. The maximum Gasteiger partial charge on any atom is 0.143 e. The van der Waals surface area contributed by atoms with Gasteiger partial charge in [0.05, 0.1) is 6.04 Å². The summed E-state index contributed by atoms with van der Waals surface area (Å²) in [6.07, 6.45) is 12.4. The molecule has 0 fully saturated rings. The Morgan fingerprint density at radius 1 is 0.620 bits per heavy atom. The molecule has 0 N–H and O–H groups in total. The van der Waals surface area contributed by atoms with Crippen LogP contribution in [0.15, 0.2) is 154 Å². The van der Waals surface area contributed by atoms with E-state index in [4.69, 9.17) is 8.83 Å². The molecule has 0 saturated carbocycles. The Balaban J connectivity index is 0.998. The van der Waals surface area contributed by atoms with Crippen LogP contribution in [0.3, 0.4) is 0 Å². The Hall–Kier alpha value is -5.84. The van der Waals surface area contributed by atoms with E-state index in [1.807, 2.05) is 6.07 Å². The number of benzene rings is 6. The second kappa shape index (κ2) is 10.8. The van der Waals surface area contributed by atoms with Crippen molar-refractivity contribution in [3.05, 3.63) is 161 Å². The lowest BCUT2D eigenvalue weighted by atomic mass is 9.93. The zero-order valence-electron chi connectivity index (χ0n) is 27.3. The first-order valence-corrected chi connectivity index (χ1v) is 18.5. The third-order valence-corrected chi connectivity index (χ3v) is 12.3. The van der Waals surface area contributed by atoms with Crippen molar-refractivity contribution in [2.45, 2.75) is 25.3 Å². The fourth-order valence-electron chi connectivity index (χ4n) is 8.37. The van der Waals surface area contributed by atoms with Crippen LogP contribution in [-0.4, -0.2) is 15.6 Å². The van der Waals surface area contributed by atoms with Gasteiger partial charge in [0.2, 0.25) is 0 Å². The molecule has 8 aromatic rings. The molecule has 50 heavy (non-hydrogen) atoms. The topological polar surface area (TPSA) is 29.5 Å². The number of nitrogens with zero attached hydrogens (tertiary/aromatic N) is 1. The molecule has 3 aliphatic rings. The molecule has 1 unspecified atom stereocenters. The monoisotopic (exact) mass is 657 g/mol. The summed E-state index contributed by atoms with van der Waals surface area (Å²) >= 11 is 0. The second-order valence-corrected chi connectivity index (χ2v) is 15.1. The number of furan rings is 2. The molecular weight excluding hydrogens is 627 g/mol. The molecule has 1 aliphatic heterocycles. The molecule has 3 nitrogen and oxygen atoms in total. The summed E-state index contributed by atoms with van der Waals surface area (Å²) in [5, 5.41) is 7.56. The molecule has 0 amide bonds. The van der Waals surface area contributed by atoms with Crippen molar-refractivity contribution < 1.29 is 8.83 Å². The van der Waals surface area contributed by atoms with E-state index in [0.29, 0.717) is 9.52 Å². The van der Waals surface area contributed by atoms with Crippen LogP contribution in [0.1, 0.15) is 29.5 Å². The highest BCUT2D eigenvalue weighted by molar-refractivity contribution is 6.67. The molecule has 4 heteroatoms. The Labute approximate surface area is 292 Å². The third-order valence-electron chi connectivity index (χ3n) is 10.8. The number of anilines is 2. The van der Waals surface area contributed by atoms with Gasteiger partial charge in [0.15, 0.2) is 0 Å². The van der Waals surface area contributed by atoms with Crippen molar-refractivity contribution in [3.8, 4) is 11.1 Å². The fourth-order valence-corrected chi connectivity index (χ4v) is 9.89. The summed E-state index contributed by atoms with van der Waals surface area (Å²) in [5.41, 5.74) is 14.0. The minimum Gasteiger partial charge on any atom is -0.456 e. The van der Waals surface area contributed by atoms with E-state index in [0.717, 1.165) is 58.1 Å². The third kappa shape index (κ3) is 4.28. The Bertz CT molecular complexity index is 2780. The van der Waals surface area contributed by atoms with E-state index < -0.39 is 0 Å². The number of allylic oxidation sites excluding steroid dienone is 3. The molecule has 11 rings (SSSR count). The SMILES string of the molecule is C1=Cc2ccc(-c3ccc(N(c4ccc5c(c4)oc4ccccc45)C4C=CC5=C(C4)[Si]c4ccc6c(oc7ccccc76)c45)cc3)cc2CC1. The molecule has 236 valence electrons. The van der Waals surface area contributed by atoms with Gasteiger partial charge in [-0.05, 0) is 88.7 Å². The molecular formula is C46H31NO2Si. The average molecular weight is 658 g/mol. The maximum absolute atomic E-state index is 6.51. The first kappa shape index (κ1) is 28.0. The lowest BCUT2D eigenvalue weighted by Crippen LogP contribution is -2.32. The highest BCUT2D eigenvalue weighted by Crippen LogP contribution is 2.43. The lowest BCUT2D eigenvalue weighted by Gasteiger charge is -2.34. The lowest BCUT2D eigenvalue weighted by molar-refractivity contribution is 0.667. The molecule has 0 saturated heterocycles. The number of hydrogen-bond donors (Lipinski definition) is 0. The van der Waals surface area contributed by atoms with Crippen molar-refractivity contribution in [3.63, 3.8) is 0 Å². The fraction of sp³-hybridized carbons (Fsp3) is 0.0870. The van der Waals surface area contributed by atoms with Crippen molar-refractivity contribution >= 4 is 81.6 Å². The van der Waals surface area contributed by atoms with Gasteiger partial charge in [0.1, 0.15) is 31.9 Å². The minimum atomic E-state index is 0.143. The largest absolute Gasteiger partial charge is 0.456 e. The highest BCUT2D eigenvalue weighted by atomic mass is 28.2. The highest BCUT2D eigenvalue weighted by Gasteiger charge is 2.32. The molecule has 3 heterocycles. The zero-order chi connectivity index (χ0) is 32.8. The van der Waals surface area contributed by atoms with Crippen LogP contribution >= 0.6 is 0 Å². The Morgan fingerprint density at radius 2 is 1.36 bits per heavy atom.